The molecule has 0 fully saturated rings. The number of nitrogens with two attached hydrogens (primary N) is 3. The van der Waals surface area contributed by atoms with Gasteiger partial charge in [0.05, 0.1) is 6.04 Å². The van der Waals surface area contributed by atoms with Gasteiger partial charge in [-0.3, -0.25) is 14.4 Å². The Balaban J connectivity index is 3.00. The van der Waals surface area contributed by atoms with E-state index < -0.39 is 47.9 Å². The molecule has 12 nitrogen and oxygen atoms in total. The van der Waals surface area contributed by atoms with Gasteiger partial charge in [-0.25, -0.2) is 4.79 Å². The Morgan fingerprint density at radius 2 is 1.28 bits per heavy atom. The van der Waals surface area contributed by atoms with Crippen molar-refractivity contribution in [2.75, 3.05) is 25.1 Å². The van der Waals surface area contributed by atoms with Crippen molar-refractivity contribution in [1.82, 2.24) is 16.0 Å². The van der Waals surface area contributed by atoms with Crippen LogP contribution in [-0.4, -0.2) is 83.2 Å². The molecule has 0 bridgehead atoms. The zero-order valence-corrected chi connectivity index (χ0v) is 23.4. The van der Waals surface area contributed by atoms with E-state index >= 15 is 0 Å². The van der Waals surface area contributed by atoms with Crippen LogP contribution in [0.3, 0.4) is 0 Å². The molecule has 13 heteroatoms. The van der Waals surface area contributed by atoms with E-state index in [1.54, 1.807) is 23.9 Å². The Bertz CT molecular complexity index is 903. The standard InChI is InChI=1S/C26H44N6O6S/c1-39-15-12-19(29)23(34)30-20(6-2-4-13-27)24(35)31-21(7-3-5-14-28)25(36)32-22(26(37)38)16-17-8-10-18(33)11-9-17/h8-11,19-22,33H,2-7,12-16,27-29H2,1H3,(H,30,34)(H,31,35)(H,32,36)(H,37,38). The minimum absolute atomic E-state index is 0.0173. The molecule has 3 amide bonds. The fourth-order valence-corrected chi connectivity index (χ4v) is 4.28. The van der Waals surface area contributed by atoms with Crippen LogP contribution in [0.4, 0.5) is 0 Å². The number of hydrogen-bond acceptors (Lipinski definition) is 9. The molecule has 1 rings (SSSR count). The minimum atomic E-state index is -1.26. The van der Waals surface area contributed by atoms with Gasteiger partial charge >= 0.3 is 5.97 Å². The summed E-state index contributed by atoms with van der Waals surface area (Å²) in [6, 6.07) is 1.99. The normalized spacial score (nSPS) is 14.1. The molecule has 4 atom stereocenters. The van der Waals surface area contributed by atoms with E-state index in [0.717, 1.165) is 0 Å². The van der Waals surface area contributed by atoms with Crippen LogP contribution in [-0.2, 0) is 25.6 Å². The van der Waals surface area contributed by atoms with Crippen LogP contribution in [0.25, 0.3) is 0 Å². The lowest BCUT2D eigenvalue weighted by Gasteiger charge is -2.25. The molecule has 11 N–H and O–H groups in total. The minimum Gasteiger partial charge on any atom is -0.508 e. The Labute approximate surface area is 234 Å². The number of hydrogen-bond donors (Lipinski definition) is 8. The third kappa shape index (κ3) is 13.7. The summed E-state index contributed by atoms with van der Waals surface area (Å²) in [5.74, 6) is -2.19. The summed E-state index contributed by atoms with van der Waals surface area (Å²) in [7, 11) is 0. The predicted octanol–water partition coefficient (Wildman–Crippen LogP) is -0.188. The number of phenols is 1. The smallest absolute Gasteiger partial charge is 0.326 e. The highest BCUT2D eigenvalue weighted by Gasteiger charge is 2.30. The van der Waals surface area contributed by atoms with Crippen molar-refractivity contribution in [3.8, 4) is 5.75 Å². The average molecular weight is 569 g/mol. The van der Waals surface area contributed by atoms with E-state index in [0.29, 0.717) is 62.9 Å². The number of carboxylic acids is 1. The van der Waals surface area contributed by atoms with Crippen LogP contribution in [0.15, 0.2) is 24.3 Å². The summed E-state index contributed by atoms with van der Waals surface area (Å²) in [6.07, 6.45) is 5.23. The molecular formula is C26H44N6O6S. The maximum atomic E-state index is 13.3. The monoisotopic (exact) mass is 568 g/mol. The van der Waals surface area contributed by atoms with Gasteiger partial charge in [-0.15, -0.1) is 0 Å². The topological polar surface area (TPSA) is 223 Å². The molecule has 0 heterocycles. The number of phenolic OH excluding ortho intramolecular Hbond substituents is 1. The van der Waals surface area contributed by atoms with E-state index in [-0.39, 0.29) is 18.6 Å². The number of rotatable bonds is 20. The first-order chi connectivity index (χ1) is 18.6. The third-order valence-corrected chi connectivity index (χ3v) is 6.76. The number of thioether (sulfide) groups is 1. The highest BCUT2D eigenvalue weighted by molar-refractivity contribution is 7.98. The van der Waals surface area contributed by atoms with Crippen LogP contribution < -0.4 is 33.2 Å². The average Bonchev–Trinajstić information content (AvgIpc) is 2.91. The summed E-state index contributed by atoms with van der Waals surface area (Å²) in [4.78, 5) is 50.9. The molecule has 0 aromatic heterocycles. The first-order valence-electron chi connectivity index (χ1n) is 13.2. The van der Waals surface area contributed by atoms with Crippen molar-refractivity contribution < 1.29 is 29.4 Å². The van der Waals surface area contributed by atoms with Crippen LogP contribution in [0.1, 0.15) is 50.5 Å². The van der Waals surface area contributed by atoms with Gasteiger partial charge in [0.15, 0.2) is 0 Å². The number of carbonyl (C=O) groups excluding carboxylic acids is 3. The lowest BCUT2D eigenvalue weighted by molar-refractivity contribution is -0.142. The van der Waals surface area contributed by atoms with Crippen LogP contribution >= 0.6 is 11.8 Å². The van der Waals surface area contributed by atoms with Crippen molar-refractivity contribution in [2.24, 2.45) is 17.2 Å². The molecule has 0 aliphatic heterocycles. The Kier molecular flexibility index (Phi) is 16.8. The van der Waals surface area contributed by atoms with Gasteiger partial charge in [-0.2, -0.15) is 11.8 Å². The molecule has 1 aromatic rings. The maximum Gasteiger partial charge on any atom is 0.326 e. The van der Waals surface area contributed by atoms with Crippen molar-refractivity contribution >= 4 is 35.5 Å². The third-order valence-electron chi connectivity index (χ3n) is 6.12. The van der Waals surface area contributed by atoms with Gasteiger partial charge in [0.1, 0.15) is 23.9 Å². The highest BCUT2D eigenvalue weighted by Crippen LogP contribution is 2.12. The van der Waals surface area contributed by atoms with Gasteiger partial charge < -0.3 is 43.4 Å². The summed E-state index contributed by atoms with van der Waals surface area (Å²) >= 11 is 1.56. The van der Waals surface area contributed by atoms with Crippen LogP contribution in [0.5, 0.6) is 5.75 Å². The zero-order chi connectivity index (χ0) is 29.2. The second kappa shape index (κ2) is 19.2. The number of unbranched alkanes of at least 4 members (excludes halogenated alkanes) is 2. The zero-order valence-electron chi connectivity index (χ0n) is 22.6. The lowest BCUT2D eigenvalue weighted by atomic mass is 10.0. The van der Waals surface area contributed by atoms with Gasteiger partial charge in [0.2, 0.25) is 17.7 Å². The number of benzene rings is 1. The fourth-order valence-electron chi connectivity index (χ4n) is 3.79. The van der Waals surface area contributed by atoms with Crippen molar-refractivity contribution in [3.63, 3.8) is 0 Å². The number of amides is 3. The second-order valence-electron chi connectivity index (χ2n) is 9.35. The SMILES string of the molecule is CSCCC(N)C(=O)NC(CCCCN)C(=O)NC(CCCCN)C(=O)NC(Cc1ccc(O)cc1)C(=O)O. The van der Waals surface area contributed by atoms with Gasteiger partial charge in [-0.1, -0.05) is 12.1 Å². The predicted molar refractivity (Wildman–Crippen MR) is 152 cm³/mol. The largest absolute Gasteiger partial charge is 0.508 e. The van der Waals surface area contributed by atoms with Crippen LogP contribution in [0.2, 0.25) is 0 Å². The Morgan fingerprint density at radius 3 is 1.74 bits per heavy atom. The summed E-state index contributed by atoms with van der Waals surface area (Å²) in [5.41, 5.74) is 17.7. The second-order valence-corrected chi connectivity index (χ2v) is 10.3. The Hall–Kier alpha value is -2.87. The molecule has 220 valence electrons. The van der Waals surface area contributed by atoms with E-state index in [1.165, 1.54) is 12.1 Å². The van der Waals surface area contributed by atoms with Gasteiger partial charge in [0.25, 0.3) is 0 Å². The number of aliphatic carboxylic acids is 1. The van der Waals surface area contributed by atoms with Crippen LogP contribution in [0, 0.1) is 0 Å². The first-order valence-corrected chi connectivity index (χ1v) is 14.6. The quantitative estimate of drug-likeness (QED) is 0.0968. The molecule has 0 aliphatic carbocycles. The number of carboxylic acid groups (broad SMARTS) is 1. The lowest BCUT2D eigenvalue weighted by Crippen LogP contribution is -2.57. The number of nitrogens with one attached hydrogen (secondary N) is 3. The molecule has 0 saturated heterocycles. The summed E-state index contributed by atoms with van der Waals surface area (Å²) < 4.78 is 0. The number of carbonyl (C=O) groups is 4. The highest BCUT2D eigenvalue weighted by atomic mass is 32.2. The molecule has 1 aromatic carbocycles. The maximum absolute atomic E-state index is 13.3. The van der Waals surface area contributed by atoms with E-state index in [2.05, 4.69) is 16.0 Å². The van der Waals surface area contributed by atoms with Crippen molar-refractivity contribution in [3.05, 3.63) is 29.8 Å². The molecule has 0 saturated carbocycles. The van der Waals surface area contributed by atoms with Crippen molar-refractivity contribution in [1.29, 1.82) is 0 Å². The molecule has 0 radical (unpaired) electrons. The van der Waals surface area contributed by atoms with Gasteiger partial charge in [-0.05, 0) is 87.7 Å². The van der Waals surface area contributed by atoms with E-state index in [1.807, 2.05) is 6.26 Å². The Morgan fingerprint density at radius 1 is 0.795 bits per heavy atom. The molecular weight excluding hydrogens is 524 g/mol. The number of aromatic hydroxyl groups is 1. The molecule has 4 unspecified atom stereocenters. The van der Waals surface area contributed by atoms with Gasteiger partial charge in [0, 0.05) is 6.42 Å². The molecule has 0 aliphatic rings. The molecule has 0 spiro atoms. The van der Waals surface area contributed by atoms with Crippen molar-refractivity contribution in [2.45, 2.75) is 75.5 Å². The van der Waals surface area contributed by atoms with E-state index in [4.69, 9.17) is 17.2 Å². The summed E-state index contributed by atoms with van der Waals surface area (Å²) in [5, 5.41) is 27.1. The summed E-state index contributed by atoms with van der Waals surface area (Å²) in [6.45, 7) is 0.823. The van der Waals surface area contributed by atoms with E-state index in [9.17, 15) is 29.4 Å². The fraction of sp³-hybridized carbons (Fsp3) is 0.615. The molecule has 39 heavy (non-hydrogen) atoms. The first kappa shape index (κ1) is 34.2.